The van der Waals surface area contributed by atoms with Crippen LogP contribution in [0.25, 0.3) is 0 Å². The summed E-state index contributed by atoms with van der Waals surface area (Å²) in [6.07, 6.45) is 0. The number of aliphatic carboxylic acids is 1. The summed E-state index contributed by atoms with van der Waals surface area (Å²) >= 11 is 0. The number of carbonyl (C=O) groups excluding carboxylic acids is 1. The predicted octanol–water partition coefficient (Wildman–Crippen LogP) is 2.27. The van der Waals surface area contributed by atoms with E-state index in [-0.39, 0.29) is 11.9 Å². The van der Waals surface area contributed by atoms with E-state index in [1.54, 1.807) is 24.0 Å². The third kappa shape index (κ3) is 3.45. The van der Waals surface area contributed by atoms with Gasteiger partial charge >= 0.3 is 12.0 Å². The highest BCUT2D eigenvalue weighted by Gasteiger charge is 2.37. The number of nitrogens with zero attached hydrogens (tertiary/aromatic N) is 1. The number of anilines is 1. The average Bonchev–Trinajstić information content (AvgIpc) is 2.39. The highest BCUT2D eigenvalue weighted by Crippen LogP contribution is 2.27. The second-order valence-corrected chi connectivity index (χ2v) is 5.15. The van der Waals surface area contributed by atoms with Crippen LogP contribution in [0, 0.1) is 11.8 Å². The molecule has 0 bridgehead atoms. The second kappa shape index (κ2) is 6.47. The van der Waals surface area contributed by atoms with Gasteiger partial charge in [0.15, 0.2) is 0 Å². The molecule has 0 aliphatic carbocycles. The molecule has 114 valence electrons. The molecule has 1 aliphatic heterocycles. The molecule has 1 unspecified atom stereocenters. The minimum atomic E-state index is -0.818. The van der Waals surface area contributed by atoms with Crippen molar-refractivity contribution in [2.75, 3.05) is 25.0 Å². The Balaban J connectivity index is 1.91. The summed E-state index contributed by atoms with van der Waals surface area (Å²) in [5, 5.41) is 11.7. The van der Waals surface area contributed by atoms with Crippen LogP contribution in [-0.2, 0) is 4.79 Å². The van der Waals surface area contributed by atoms with Crippen molar-refractivity contribution in [3.8, 4) is 5.75 Å². The number of amides is 2. The Kier molecular flexibility index (Phi) is 4.67. The first-order valence-electron chi connectivity index (χ1n) is 7.03. The molecule has 21 heavy (non-hydrogen) atoms. The summed E-state index contributed by atoms with van der Waals surface area (Å²) < 4.78 is 5.45. The van der Waals surface area contributed by atoms with Crippen LogP contribution in [-0.4, -0.2) is 41.7 Å². The molecule has 2 N–H and O–H groups in total. The Hall–Kier alpha value is -2.24. The Morgan fingerprint density at radius 3 is 2.71 bits per heavy atom. The number of nitrogens with one attached hydrogen (secondary N) is 1. The first-order valence-corrected chi connectivity index (χ1v) is 7.03. The lowest BCUT2D eigenvalue weighted by atomic mass is 9.87. The third-order valence-corrected chi connectivity index (χ3v) is 3.72. The lowest BCUT2D eigenvalue weighted by Gasteiger charge is -2.41. The summed E-state index contributed by atoms with van der Waals surface area (Å²) in [5.74, 6) is -0.591. The van der Waals surface area contributed by atoms with Crippen molar-refractivity contribution in [2.24, 2.45) is 11.8 Å². The zero-order valence-electron chi connectivity index (χ0n) is 12.2. The fourth-order valence-electron chi connectivity index (χ4n) is 2.24. The molecule has 0 spiro atoms. The number of carboxylic acids is 1. The molecule has 1 fully saturated rings. The molecule has 1 saturated heterocycles. The Labute approximate surface area is 123 Å². The monoisotopic (exact) mass is 292 g/mol. The summed E-state index contributed by atoms with van der Waals surface area (Å²) in [7, 11) is 0. The van der Waals surface area contributed by atoms with Crippen molar-refractivity contribution < 1.29 is 19.4 Å². The lowest BCUT2D eigenvalue weighted by Crippen LogP contribution is -2.54. The van der Waals surface area contributed by atoms with Crippen LogP contribution in [0.3, 0.4) is 0 Å². The minimum Gasteiger partial charge on any atom is -0.492 e. The lowest BCUT2D eigenvalue weighted by molar-refractivity contribution is -0.144. The number of urea groups is 1. The third-order valence-electron chi connectivity index (χ3n) is 3.72. The standard InChI is InChI=1S/C15H20N2O4/c1-3-21-13-7-5-4-6-12(13)16-15(20)17-8-11(9-17)10(2)14(18)19/h4-7,10-11H,3,8-9H2,1-2H3,(H,16,20)(H,18,19). The smallest absolute Gasteiger partial charge is 0.321 e. The number of benzene rings is 1. The van der Waals surface area contributed by atoms with Crippen molar-refractivity contribution in [1.82, 2.24) is 4.90 Å². The molecule has 1 aromatic rings. The zero-order valence-corrected chi connectivity index (χ0v) is 12.2. The predicted molar refractivity (Wildman–Crippen MR) is 78.5 cm³/mol. The van der Waals surface area contributed by atoms with E-state index in [1.165, 1.54) is 0 Å². The van der Waals surface area contributed by atoms with E-state index in [0.717, 1.165) is 0 Å². The second-order valence-electron chi connectivity index (χ2n) is 5.15. The SMILES string of the molecule is CCOc1ccccc1NC(=O)N1CC(C(C)C(=O)O)C1. The van der Waals surface area contributed by atoms with Crippen molar-refractivity contribution in [3.05, 3.63) is 24.3 Å². The maximum atomic E-state index is 12.1. The van der Waals surface area contributed by atoms with Crippen LogP contribution in [0.4, 0.5) is 10.5 Å². The maximum absolute atomic E-state index is 12.1. The zero-order chi connectivity index (χ0) is 15.4. The molecule has 6 nitrogen and oxygen atoms in total. The molecule has 1 aliphatic rings. The van der Waals surface area contributed by atoms with Crippen LogP contribution in [0.1, 0.15) is 13.8 Å². The van der Waals surface area contributed by atoms with E-state index in [9.17, 15) is 9.59 Å². The van der Waals surface area contributed by atoms with E-state index in [2.05, 4.69) is 5.32 Å². The van der Waals surface area contributed by atoms with Gasteiger partial charge in [0.05, 0.1) is 18.2 Å². The molecule has 0 saturated carbocycles. The molecular weight excluding hydrogens is 272 g/mol. The first-order chi connectivity index (χ1) is 10.0. The topological polar surface area (TPSA) is 78.9 Å². The van der Waals surface area contributed by atoms with Gasteiger partial charge in [0, 0.05) is 19.0 Å². The number of hydrogen-bond donors (Lipinski definition) is 2. The average molecular weight is 292 g/mol. The van der Waals surface area contributed by atoms with Gasteiger partial charge in [-0.25, -0.2) is 4.79 Å². The van der Waals surface area contributed by atoms with Crippen LogP contribution in [0.5, 0.6) is 5.75 Å². The maximum Gasteiger partial charge on any atom is 0.321 e. The number of likely N-dealkylation sites (tertiary alicyclic amines) is 1. The van der Waals surface area contributed by atoms with E-state index in [0.29, 0.717) is 31.1 Å². The number of ether oxygens (including phenoxy) is 1. The Morgan fingerprint density at radius 2 is 2.10 bits per heavy atom. The largest absolute Gasteiger partial charge is 0.492 e. The van der Waals surface area contributed by atoms with Crippen LogP contribution < -0.4 is 10.1 Å². The summed E-state index contributed by atoms with van der Waals surface area (Å²) in [6, 6.07) is 7.01. The van der Waals surface area contributed by atoms with Gasteiger partial charge in [-0.2, -0.15) is 0 Å². The van der Waals surface area contributed by atoms with Gasteiger partial charge in [-0.05, 0) is 19.1 Å². The van der Waals surface area contributed by atoms with Gasteiger partial charge in [0.1, 0.15) is 5.75 Å². The van der Waals surface area contributed by atoms with E-state index >= 15 is 0 Å². The van der Waals surface area contributed by atoms with Crippen molar-refractivity contribution in [3.63, 3.8) is 0 Å². The van der Waals surface area contributed by atoms with Gasteiger partial charge in [-0.15, -0.1) is 0 Å². The summed E-state index contributed by atoms with van der Waals surface area (Å²) in [5.41, 5.74) is 0.624. The van der Waals surface area contributed by atoms with Gasteiger partial charge in [-0.3, -0.25) is 4.79 Å². The van der Waals surface area contributed by atoms with Crippen molar-refractivity contribution in [2.45, 2.75) is 13.8 Å². The molecule has 0 radical (unpaired) electrons. The van der Waals surface area contributed by atoms with Crippen LogP contribution in [0.2, 0.25) is 0 Å². The number of carboxylic acid groups (broad SMARTS) is 1. The Bertz CT molecular complexity index is 526. The van der Waals surface area contributed by atoms with Gasteiger partial charge < -0.3 is 20.1 Å². The molecule has 2 rings (SSSR count). The molecule has 1 atom stereocenters. The molecule has 2 amide bonds. The quantitative estimate of drug-likeness (QED) is 0.872. The van der Waals surface area contributed by atoms with E-state index < -0.39 is 11.9 Å². The van der Waals surface area contributed by atoms with Crippen LogP contribution in [0.15, 0.2) is 24.3 Å². The highest BCUT2D eigenvalue weighted by molar-refractivity contribution is 5.91. The fourth-order valence-corrected chi connectivity index (χ4v) is 2.24. The molecule has 1 aromatic carbocycles. The van der Waals surface area contributed by atoms with E-state index in [4.69, 9.17) is 9.84 Å². The Morgan fingerprint density at radius 1 is 1.43 bits per heavy atom. The molecule has 6 heteroatoms. The summed E-state index contributed by atoms with van der Waals surface area (Å²) in [4.78, 5) is 24.6. The highest BCUT2D eigenvalue weighted by atomic mass is 16.5. The molecule has 0 aromatic heterocycles. The van der Waals surface area contributed by atoms with Crippen molar-refractivity contribution >= 4 is 17.7 Å². The molecular formula is C15H20N2O4. The minimum absolute atomic E-state index is 0.0235. The number of carbonyl (C=O) groups is 2. The fraction of sp³-hybridized carbons (Fsp3) is 0.467. The summed E-state index contributed by atoms with van der Waals surface area (Å²) in [6.45, 7) is 5.01. The van der Waals surface area contributed by atoms with Crippen molar-refractivity contribution in [1.29, 1.82) is 0 Å². The van der Waals surface area contributed by atoms with E-state index in [1.807, 2.05) is 19.1 Å². The number of rotatable bonds is 5. The van der Waals surface area contributed by atoms with Gasteiger partial charge in [-0.1, -0.05) is 19.1 Å². The number of hydrogen-bond acceptors (Lipinski definition) is 3. The molecule has 1 heterocycles. The van der Waals surface area contributed by atoms with Gasteiger partial charge in [0.25, 0.3) is 0 Å². The van der Waals surface area contributed by atoms with Gasteiger partial charge in [0.2, 0.25) is 0 Å². The normalized spacial score (nSPS) is 16.0. The first kappa shape index (κ1) is 15.2. The van der Waals surface area contributed by atoms with Crippen LogP contribution >= 0.6 is 0 Å². The number of para-hydroxylation sites is 2.